The summed E-state index contributed by atoms with van der Waals surface area (Å²) < 4.78 is 0. The third-order valence-corrected chi connectivity index (χ3v) is 2.66. The van der Waals surface area contributed by atoms with E-state index in [-0.39, 0.29) is 0 Å². The molecule has 2 heteroatoms. The molecule has 70 valence electrons. The van der Waals surface area contributed by atoms with Crippen molar-refractivity contribution in [2.75, 3.05) is 6.54 Å². The van der Waals surface area contributed by atoms with Crippen LogP contribution in [0.15, 0.2) is 30.3 Å². The van der Waals surface area contributed by atoms with Gasteiger partial charge in [0.25, 0.3) is 0 Å². The van der Waals surface area contributed by atoms with Crippen molar-refractivity contribution in [1.82, 2.24) is 5.06 Å². The molecule has 1 aliphatic heterocycles. The predicted molar refractivity (Wildman–Crippen MR) is 51.7 cm³/mol. The molecule has 13 heavy (non-hydrogen) atoms. The van der Waals surface area contributed by atoms with Gasteiger partial charge in [-0.25, -0.2) is 0 Å². The molecular weight excluding hydrogens is 162 g/mol. The average Bonchev–Trinajstić information content (AvgIpc) is 2.54. The zero-order chi connectivity index (χ0) is 9.10. The number of hydroxylamine groups is 2. The van der Waals surface area contributed by atoms with Crippen LogP contribution in [0, 0.1) is 0 Å². The molecule has 0 unspecified atom stereocenters. The van der Waals surface area contributed by atoms with Gasteiger partial charge in [0.15, 0.2) is 0 Å². The van der Waals surface area contributed by atoms with Crippen molar-refractivity contribution >= 4 is 0 Å². The second kappa shape index (κ2) is 3.90. The molecule has 1 atom stereocenters. The normalized spacial score (nSPS) is 23.6. The lowest BCUT2D eigenvalue weighted by atomic mass is 10.1. The third-order valence-electron chi connectivity index (χ3n) is 2.66. The van der Waals surface area contributed by atoms with E-state index >= 15 is 0 Å². The highest BCUT2D eigenvalue weighted by molar-refractivity contribution is 5.16. The van der Waals surface area contributed by atoms with E-state index in [1.165, 1.54) is 10.6 Å². The molecule has 1 aromatic rings. The molecule has 0 spiro atoms. The Hall–Kier alpha value is -0.860. The standard InChI is InChI=1S/C11H15NO/c13-12-8-4-7-11(12)9-10-5-2-1-3-6-10/h1-3,5-6,11,13H,4,7-9H2/t11-/m0/s1. The quantitative estimate of drug-likeness (QED) is 0.747. The van der Waals surface area contributed by atoms with E-state index in [4.69, 9.17) is 0 Å². The minimum Gasteiger partial charge on any atom is -0.314 e. The van der Waals surface area contributed by atoms with E-state index in [1.54, 1.807) is 0 Å². The van der Waals surface area contributed by atoms with Gasteiger partial charge in [0.2, 0.25) is 0 Å². The van der Waals surface area contributed by atoms with E-state index in [9.17, 15) is 5.21 Å². The lowest BCUT2D eigenvalue weighted by Gasteiger charge is -2.17. The maximum absolute atomic E-state index is 9.48. The molecular formula is C11H15NO. The van der Waals surface area contributed by atoms with Crippen LogP contribution in [0.1, 0.15) is 18.4 Å². The van der Waals surface area contributed by atoms with Gasteiger partial charge < -0.3 is 5.21 Å². The summed E-state index contributed by atoms with van der Waals surface area (Å²) in [5.41, 5.74) is 1.31. The fraction of sp³-hybridized carbons (Fsp3) is 0.455. The number of nitrogens with zero attached hydrogens (tertiary/aromatic N) is 1. The monoisotopic (exact) mass is 177 g/mol. The molecule has 1 heterocycles. The Balaban J connectivity index is 1.98. The summed E-state index contributed by atoms with van der Waals surface area (Å²) in [6.07, 6.45) is 3.21. The summed E-state index contributed by atoms with van der Waals surface area (Å²) in [7, 11) is 0. The van der Waals surface area contributed by atoms with Gasteiger partial charge in [-0.3, -0.25) is 0 Å². The Morgan fingerprint density at radius 3 is 2.69 bits per heavy atom. The Morgan fingerprint density at radius 2 is 2.08 bits per heavy atom. The highest BCUT2D eigenvalue weighted by Crippen LogP contribution is 2.18. The molecule has 1 aromatic carbocycles. The van der Waals surface area contributed by atoms with Crippen LogP contribution in [-0.2, 0) is 6.42 Å². The first-order valence-electron chi connectivity index (χ1n) is 4.86. The topological polar surface area (TPSA) is 23.5 Å². The van der Waals surface area contributed by atoms with Crippen LogP contribution in [0.4, 0.5) is 0 Å². The number of rotatable bonds is 2. The summed E-state index contributed by atoms with van der Waals surface area (Å²) in [6.45, 7) is 0.831. The smallest absolute Gasteiger partial charge is 0.0391 e. The van der Waals surface area contributed by atoms with E-state index in [2.05, 4.69) is 12.1 Å². The van der Waals surface area contributed by atoms with E-state index in [0.717, 1.165) is 25.8 Å². The van der Waals surface area contributed by atoms with Gasteiger partial charge >= 0.3 is 0 Å². The molecule has 1 N–H and O–H groups in total. The summed E-state index contributed by atoms with van der Waals surface area (Å²) in [4.78, 5) is 0. The molecule has 1 fully saturated rings. The number of hydrogen-bond donors (Lipinski definition) is 1. The van der Waals surface area contributed by atoms with Crippen LogP contribution in [-0.4, -0.2) is 22.9 Å². The molecule has 2 nitrogen and oxygen atoms in total. The minimum atomic E-state index is 0.336. The molecule has 0 aliphatic carbocycles. The first kappa shape index (κ1) is 8.73. The zero-order valence-corrected chi connectivity index (χ0v) is 7.69. The van der Waals surface area contributed by atoms with E-state index in [0.29, 0.717) is 6.04 Å². The van der Waals surface area contributed by atoms with Crippen LogP contribution in [0.2, 0.25) is 0 Å². The van der Waals surface area contributed by atoms with Gasteiger partial charge in [0.05, 0.1) is 0 Å². The van der Waals surface area contributed by atoms with Crippen molar-refractivity contribution in [1.29, 1.82) is 0 Å². The Morgan fingerprint density at radius 1 is 1.31 bits per heavy atom. The Labute approximate surface area is 78.8 Å². The maximum atomic E-state index is 9.48. The lowest BCUT2D eigenvalue weighted by molar-refractivity contribution is -0.102. The van der Waals surface area contributed by atoms with Crippen LogP contribution < -0.4 is 0 Å². The molecule has 0 amide bonds. The SMILES string of the molecule is ON1CCC[C@H]1Cc1ccccc1. The van der Waals surface area contributed by atoms with Gasteiger partial charge in [-0.05, 0) is 24.8 Å². The van der Waals surface area contributed by atoms with Crippen LogP contribution in [0.5, 0.6) is 0 Å². The maximum Gasteiger partial charge on any atom is 0.0391 e. The van der Waals surface area contributed by atoms with Crippen molar-refractivity contribution < 1.29 is 5.21 Å². The molecule has 0 radical (unpaired) electrons. The van der Waals surface area contributed by atoms with E-state index in [1.807, 2.05) is 18.2 Å². The Kier molecular flexibility index (Phi) is 2.62. The van der Waals surface area contributed by atoms with Crippen LogP contribution >= 0.6 is 0 Å². The Bertz CT molecular complexity index is 260. The van der Waals surface area contributed by atoms with Crippen molar-refractivity contribution in [3.8, 4) is 0 Å². The largest absolute Gasteiger partial charge is 0.314 e. The molecule has 0 aromatic heterocycles. The second-order valence-electron chi connectivity index (χ2n) is 3.65. The zero-order valence-electron chi connectivity index (χ0n) is 7.69. The summed E-state index contributed by atoms with van der Waals surface area (Å²) in [6, 6.07) is 10.7. The molecule has 0 saturated carbocycles. The van der Waals surface area contributed by atoms with Crippen molar-refractivity contribution in [3.63, 3.8) is 0 Å². The lowest BCUT2D eigenvalue weighted by Crippen LogP contribution is -2.27. The molecule has 1 aliphatic rings. The minimum absolute atomic E-state index is 0.336. The van der Waals surface area contributed by atoms with Crippen LogP contribution in [0.3, 0.4) is 0 Å². The highest BCUT2D eigenvalue weighted by Gasteiger charge is 2.22. The third kappa shape index (κ3) is 2.08. The fourth-order valence-corrected chi connectivity index (χ4v) is 1.91. The van der Waals surface area contributed by atoms with Crippen molar-refractivity contribution in [3.05, 3.63) is 35.9 Å². The predicted octanol–water partition coefficient (Wildman–Crippen LogP) is 2.08. The first-order chi connectivity index (χ1) is 6.36. The first-order valence-corrected chi connectivity index (χ1v) is 4.86. The highest BCUT2D eigenvalue weighted by atomic mass is 16.5. The molecule has 2 rings (SSSR count). The summed E-state index contributed by atoms with van der Waals surface area (Å²) >= 11 is 0. The van der Waals surface area contributed by atoms with Crippen molar-refractivity contribution in [2.45, 2.75) is 25.3 Å². The average molecular weight is 177 g/mol. The molecule has 0 bridgehead atoms. The van der Waals surface area contributed by atoms with Gasteiger partial charge in [0.1, 0.15) is 0 Å². The summed E-state index contributed by atoms with van der Waals surface area (Å²) in [5, 5.41) is 11.0. The second-order valence-corrected chi connectivity index (χ2v) is 3.65. The fourth-order valence-electron chi connectivity index (χ4n) is 1.91. The number of hydrogen-bond acceptors (Lipinski definition) is 2. The summed E-state index contributed by atoms with van der Waals surface area (Å²) in [5.74, 6) is 0. The number of benzene rings is 1. The van der Waals surface area contributed by atoms with Gasteiger partial charge in [-0.15, -0.1) is 0 Å². The van der Waals surface area contributed by atoms with Gasteiger partial charge in [-0.2, -0.15) is 5.06 Å². The van der Waals surface area contributed by atoms with Crippen LogP contribution in [0.25, 0.3) is 0 Å². The van der Waals surface area contributed by atoms with Gasteiger partial charge in [-0.1, -0.05) is 30.3 Å². The molecule has 1 saturated heterocycles. The van der Waals surface area contributed by atoms with Crippen molar-refractivity contribution in [2.24, 2.45) is 0 Å². The van der Waals surface area contributed by atoms with E-state index < -0.39 is 0 Å². The van der Waals surface area contributed by atoms with Gasteiger partial charge in [0, 0.05) is 12.6 Å².